The second-order valence-corrected chi connectivity index (χ2v) is 5.73. The standard InChI is InChI=1S/C8H9BrClNO3S/c9-7-2-1-6(5-8(7)10)15(13,14)11-3-4-12/h1-2,5,11-12H,3-4H2. The maximum atomic E-state index is 11.6. The van der Waals surface area contributed by atoms with Gasteiger partial charge >= 0.3 is 0 Å². The van der Waals surface area contributed by atoms with E-state index in [9.17, 15) is 8.42 Å². The SMILES string of the molecule is O=S(=O)(NCCO)c1ccc(Br)c(Cl)c1. The first-order chi connectivity index (χ1) is 6.97. The Morgan fingerprint density at radius 3 is 2.67 bits per heavy atom. The van der Waals surface area contributed by atoms with E-state index in [1.54, 1.807) is 6.07 Å². The highest BCUT2D eigenvalue weighted by Gasteiger charge is 2.14. The van der Waals surface area contributed by atoms with Crippen LogP contribution in [0.15, 0.2) is 27.6 Å². The molecule has 0 heterocycles. The first-order valence-corrected chi connectivity index (χ1v) is 6.68. The Hall–Kier alpha value is -0.140. The van der Waals surface area contributed by atoms with E-state index in [1.807, 2.05) is 0 Å². The number of benzene rings is 1. The Bertz CT molecular complexity index is 449. The molecule has 0 aromatic heterocycles. The van der Waals surface area contributed by atoms with Crippen molar-refractivity contribution in [3.63, 3.8) is 0 Å². The molecule has 0 unspecified atom stereocenters. The smallest absolute Gasteiger partial charge is 0.240 e. The maximum Gasteiger partial charge on any atom is 0.240 e. The average Bonchev–Trinajstić information content (AvgIpc) is 2.19. The lowest BCUT2D eigenvalue weighted by atomic mass is 10.4. The molecule has 0 aliphatic heterocycles. The number of sulfonamides is 1. The van der Waals surface area contributed by atoms with Gasteiger partial charge in [0.2, 0.25) is 10.0 Å². The molecule has 7 heteroatoms. The molecule has 0 atom stereocenters. The van der Waals surface area contributed by atoms with Gasteiger partial charge in [-0.3, -0.25) is 0 Å². The largest absolute Gasteiger partial charge is 0.395 e. The van der Waals surface area contributed by atoms with Crippen LogP contribution in [0.4, 0.5) is 0 Å². The van der Waals surface area contributed by atoms with Gasteiger partial charge in [-0.1, -0.05) is 11.6 Å². The first-order valence-electron chi connectivity index (χ1n) is 4.03. The third-order valence-electron chi connectivity index (χ3n) is 1.61. The Balaban J connectivity index is 3.00. The molecular formula is C8H9BrClNO3S. The molecule has 0 fully saturated rings. The third kappa shape index (κ3) is 3.42. The van der Waals surface area contributed by atoms with Crippen molar-refractivity contribution in [2.75, 3.05) is 13.2 Å². The van der Waals surface area contributed by atoms with Crippen LogP contribution in [0.2, 0.25) is 5.02 Å². The quantitative estimate of drug-likeness (QED) is 0.882. The highest BCUT2D eigenvalue weighted by molar-refractivity contribution is 9.10. The van der Waals surface area contributed by atoms with Crippen LogP contribution in [0.1, 0.15) is 0 Å². The number of halogens is 2. The minimum atomic E-state index is -3.58. The van der Waals surface area contributed by atoms with Gasteiger partial charge in [0.15, 0.2) is 0 Å². The van der Waals surface area contributed by atoms with Gasteiger partial charge in [0, 0.05) is 11.0 Å². The van der Waals surface area contributed by atoms with E-state index in [4.69, 9.17) is 16.7 Å². The van der Waals surface area contributed by atoms with E-state index in [-0.39, 0.29) is 18.0 Å². The minimum absolute atomic E-state index is 0.0178. The highest BCUT2D eigenvalue weighted by atomic mass is 79.9. The molecule has 0 amide bonds. The summed E-state index contributed by atoms with van der Waals surface area (Å²) in [6.07, 6.45) is 0. The summed E-state index contributed by atoms with van der Waals surface area (Å²) in [7, 11) is -3.58. The molecule has 0 radical (unpaired) electrons. The monoisotopic (exact) mass is 313 g/mol. The van der Waals surface area contributed by atoms with Crippen LogP contribution < -0.4 is 4.72 Å². The fourth-order valence-electron chi connectivity index (χ4n) is 0.907. The summed E-state index contributed by atoms with van der Waals surface area (Å²) in [6.45, 7) is -0.264. The van der Waals surface area contributed by atoms with Gasteiger partial charge < -0.3 is 5.11 Å². The average molecular weight is 315 g/mol. The Morgan fingerprint density at radius 1 is 1.47 bits per heavy atom. The zero-order chi connectivity index (χ0) is 11.5. The van der Waals surface area contributed by atoms with Crippen molar-refractivity contribution >= 4 is 37.6 Å². The molecule has 4 nitrogen and oxygen atoms in total. The summed E-state index contributed by atoms with van der Waals surface area (Å²) in [4.78, 5) is 0.0733. The summed E-state index contributed by atoms with van der Waals surface area (Å²) in [6, 6.07) is 4.32. The summed E-state index contributed by atoms with van der Waals surface area (Å²) >= 11 is 8.93. The van der Waals surface area contributed by atoms with Crippen molar-refractivity contribution in [3.05, 3.63) is 27.7 Å². The lowest BCUT2D eigenvalue weighted by Gasteiger charge is -2.06. The molecule has 0 saturated carbocycles. The van der Waals surface area contributed by atoms with E-state index in [1.165, 1.54) is 12.1 Å². The predicted octanol–water partition coefficient (Wildman–Crippen LogP) is 1.37. The highest BCUT2D eigenvalue weighted by Crippen LogP contribution is 2.24. The van der Waals surface area contributed by atoms with Crippen molar-refractivity contribution in [1.82, 2.24) is 4.72 Å². The van der Waals surface area contributed by atoms with E-state index >= 15 is 0 Å². The van der Waals surface area contributed by atoms with Crippen molar-refractivity contribution in [3.8, 4) is 0 Å². The van der Waals surface area contributed by atoms with Crippen molar-refractivity contribution in [1.29, 1.82) is 0 Å². The van der Waals surface area contributed by atoms with Gasteiger partial charge in [-0.2, -0.15) is 0 Å². The molecule has 0 spiro atoms. The number of aliphatic hydroxyl groups excluding tert-OH is 1. The Kier molecular flexibility index (Phi) is 4.54. The number of aliphatic hydroxyl groups is 1. The summed E-state index contributed by atoms with van der Waals surface area (Å²) in [5.74, 6) is 0. The molecule has 1 aromatic carbocycles. The van der Waals surface area contributed by atoms with Gasteiger partial charge in [-0.15, -0.1) is 0 Å². The predicted molar refractivity (Wildman–Crippen MR) is 61.4 cm³/mol. The fraction of sp³-hybridized carbons (Fsp3) is 0.250. The van der Waals surface area contributed by atoms with Crippen molar-refractivity contribution in [2.45, 2.75) is 4.90 Å². The van der Waals surface area contributed by atoms with Gasteiger partial charge in [0.05, 0.1) is 16.5 Å². The van der Waals surface area contributed by atoms with Crippen LogP contribution in [0, 0.1) is 0 Å². The summed E-state index contributed by atoms with van der Waals surface area (Å²) in [5.41, 5.74) is 0. The summed E-state index contributed by atoms with van der Waals surface area (Å²) in [5, 5.41) is 8.84. The lowest BCUT2D eigenvalue weighted by Crippen LogP contribution is -2.26. The van der Waals surface area contributed by atoms with Gasteiger partial charge in [-0.05, 0) is 34.1 Å². The van der Waals surface area contributed by atoms with Gasteiger partial charge in [0.1, 0.15) is 0 Å². The Labute approximate surface area is 101 Å². The molecule has 0 aliphatic rings. The molecule has 1 rings (SSSR count). The topological polar surface area (TPSA) is 66.4 Å². The molecule has 2 N–H and O–H groups in total. The van der Waals surface area contributed by atoms with Crippen LogP contribution in [-0.2, 0) is 10.0 Å². The zero-order valence-corrected chi connectivity index (χ0v) is 10.7. The molecule has 84 valence electrons. The Morgan fingerprint density at radius 2 is 2.13 bits per heavy atom. The second-order valence-electron chi connectivity index (χ2n) is 2.70. The van der Waals surface area contributed by atoms with Gasteiger partial charge in [0.25, 0.3) is 0 Å². The normalized spacial score (nSPS) is 11.7. The number of nitrogens with one attached hydrogen (secondary N) is 1. The summed E-state index contributed by atoms with van der Waals surface area (Å²) < 4.78 is 26.0. The van der Waals surface area contributed by atoms with Crippen molar-refractivity contribution < 1.29 is 13.5 Å². The molecular weight excluding hydrogens is 306 g/mol. The number of rotatable bonds is 4. The maximum absolute atomic E-state index is 11.6. The molecule has 1 aromatic rings. The third-order valence-corrected chi connectivity index (χ3v) is 4.30. The van der Waals surface area contributed by atoms with E-state index in [2.05, 4.69) is 20.7 Å². The van der Waals surface area contributed by atoms with E-state index in [0.717, 1.165) is 0 Å². The number of hydrogen-bond donors (Lipinski definition) is 2. The van der Waals surface area contributed by atoms with E-state index < -0.39 is 10.0 Å². The number of hydrogen-bond acceptors (Lipinski definition) is 3. The zero-order valence-electron chi connectivity index (χ0n) is 7.57. The van der Waals surface area contributed by atoms with Crippen LogP contribution in [-0.4, -0.2) is 26.7 Å². The van der Waals surface area contributed by atoms with Crippen LogP contribution in [0.25, 0.3) is 0 Å². The second kappa shape index (κ2) is 5.27. The van der Waals surface area contributed by atoms with Gasteiger partial charge in [-0.25, -0.2) is 13.1 Å². The molecule has 0 bridgehead atoms. The minimum Gasteiger partial charge on any atom is -0.395 e. The van der Waals surface area contributed by atoms with Crippen molar-refractivity contribution in [2.24, 2.45) is 0 Å². The first kappa shape index (κ1) is 12.9. The van der Waals surface area contributed by atoms with E-state index in [0.29, 0.717) is 9.50 Å². The lowest BCUT2D eigenvalue weighted by molar-refractivity contribution is 0.301. The fourth-order valence-corrected chi connectivity index (χ4v) is 2.45. The van der Waals surface area contributed by atoms with Crippen LogP contribution >= 0.6 is 27.5 Å². The van der Waals surface area contributed by atoms with Crippen LogP contribution in [0.3, 0.4) is 0 Å². The molecule has 0 aliphatic carbocycles. The molecule has 0 saturated heterocycles. The molecule has 15 heavy (non-hydrogen) atoms. The van der Waals surface area contributed by atoms with Crippen LogP contribution in [0.5, 0.6) is 0 Å².